The monoisotopic (exact) mass is 393 g/mol. The summed E-state index contributed by atoms with van der Waals surface area (Å²) in [5.74, 6) is 1.94. The summed E-state index contributed by atoms with van der Waals surface area (Å²) in [7, 11) is 3.08. The molecule has 2 aromatic carbocycles. The van der Waals surface area contributed by atoms with Crippen LogP contribution in [0.1, 0.15) is 0 Å². The largest absolute Gasteiger partial charge is 0.495 e. The SMILES string of the molecule is COc1cc(NC(=O)C2COc3ccccc3O2)c(OC)cc1Br. The van der Waals surface area contributed by atoms with Crippen LogP contribution in [0.25, 0.3) is 0 Å². The van der Waals surface area contributed by atoms with Crippen LogP contribution in [0, 0.1) is 0 Å². The molecule has 1 amide bonds. The highest BCUT2D eigenvalue weighted by atomic mass is 79.9. The number of hydrogen-bond donors (Lipinski definition) is 1. The molecule has 24 heavy (non-hydrogen) atoms. The van der Waals surface area contributed by atoms with Crippen molar-refractivity contribution in [1.29, 1.82) is 0 Å². The Labute approximate surface area is 147 Å². The molecule has 7 heteroatoms. The Morgan fingerprint density at radius 2 is 1.88 bits per heavy atom. The first kappa shape index (κ1) is 16.4. The molecule has 0 aromatic heterocycles. The molecule has 0 bridgehead atoms. The maximum absolute atomic E-state index is 12.5. The highest BCUT2D eigenvalue weighted by Gasteiger charge is 2.28. The number of fused-ring (bicyclic) bond motifs is 1. The first-order valence-electron chi connectivity index (χ1n) is 7.23. The van der Waals surface area contributed by atoms with Crippen molar-refractivity contribution in [2.24, 2.45) is 0 Å². The van der Waals surface area contributed by atoms with Gasteiger partial charge in [-0.05, 0) is 28.1 Å². The van der Waals surface area contributed by atoms with Crippen molar-refractivity contribution >= 4 is 27.5 Å². The van der Waals surface area contributed by atoms with Gasteiger partial charge in [0.05, 0.1) is 24.4 Å². The number of ether oxygens (including phenoxy) is 4. The van der Waals surface area contributed by atoms with Gasteiger partial charge < -0.3 is 24.3 Å². The number of anilines is 1. The molecule has 126 valence electrons. The Kier molecular flexibility index (Phi) is 4.80. The average Bonchev–Trinajstić information content (AvgIpc) is 2.62. The van der Waals surface area contributed by atoms with Crippen LogP contribution in [0.2, 0.25) is 0 Å². The van der Waals surface area contributed by atoms with Gasteiger partial charge in [0, 0.05) is 12.1 Å². The third-order valence-corrected chi connectivity index (χ3v) is 4.15. The predicted molar refractivity (Wildman–Crippen MR) is 92.2 cm³/mol. The second-order valence-corrected chi connectivity index (χ2v) is 5.89. The molecule has 1 aliphatic heterocycles. The van der Waals surface area contributed by atoms with E-state index in [1.807, 2.05) is 12.1 Å². The molecule has 0 spiro atoms. The van der Waals surface area contributed by atoms with Crippen molar-refractivity contribution in [2.75, 3.05) is 26.1 Å². The van der Waals surface area contributed by atoms with Gasteiger partial charge in [-0.15, -0.1) is 0 Å². The van der Waals surface area contributed by atoms with E-state index in [9.17, 15) is 4.79 Å². The summed E-state index contributed by atoms with van der Waals surface area (Å²) >= 11 is 3.38. The number of carbonyl (C=O) groups excluding carboxylic acids is 1. The molecule has 1 unspecified atom stereocenters. The van der Waals surface area contributed by atoms with Gasteiger partial charge in [-0.2, -0.15) is 0 Å². The second-order valence-electron chi connectivity index (χ2n) is 5.04. The van der Waals surface area contributed by atoms with Crippen LogP contribution in [0.3, 0.4) is 0 Å². The fourth-order valence-electron chi connectivity index (χ4n) is 2.32. The molecule has 0 aliphatic carbocycles. The van der Waals surface area contributed by atoms with E-state index < -0.39 is 6.10 Å². The zero-order chi connectivity index (χ0) is 17.1. The Morgan fingerprint density at radius 1 is 1.17 bits per heavy atom. The summed E-state index contributed by atoms with van der Waals surface area (Å²) in [6, 6.07) is 10.6. The lowest BCUT2D eigenvalue weighted by Crippen LogP contribution is -2.40. The molecule has 0 fully saturated rings. The third kappa shape index (κ3) is 3.26. The quantitative estimate of drug-likeness (QED) is 0.863. The van der Waals surface area contributed by atoms with Crippen molar-refractivity contribution in [2.45, 2.75) is 6.10 Å². The summed E-state index contributed by atoms with van der Waals surface area (Å²) in [5, 5.41) is 2.79. The Hall–Kier alpha value is -2.41. The molecule has 1 N–H and O–H groups in total. The van der Waals surface area contributed by atoms with Gasteiger partial charge >= 0.3 is 0 Å². The fraction of sp³-hybridized carbons (Fsp3) is 0.235. The summed E-state index contributed by atoms with van der Waals surface area (Å²) in [4.78, 5) is 12.5. The number of rotatable bonds is 4. The maximum Gasteiger partial charge on any atom is 0.269 e. The Balaban J connectivity index is 1.78. The van der Waals surface area contributed by atoms with E-state index in [1.165, 1.54) is 7.11 Å². The van der Waals surface area contributed by atoms with Gasteiger partial charge in [-0.25, -0.2) is 0 Å². The molecule has 2 aromatic rings. The minimum Gasteiger partial charge on any atom is -0.495 e. The van der Waals surface area contributed by atoms with E-state index in [2.05, 4.69) is 21.2 Å². The molecule has 0 saturated carbocycles. The normalized spacial score (nSPS) is 15.5. The van der Waals surface area contributed by atoms with E-state index in [0.717, 1.165) is 4.47 Å². The van der Waals surface area contributed by atoms with E-state index in [0.29, 0.717) is 28.7 Å². The van der Waals surface area contributed by atoms with Gasteiger partial charge in [0.2, 0.25) is 6.10 Å². The van der Waals surface area contributed by atoms with Crippen LogP contribution in [-0.4, -0.2) is 32.8 Å². The number of carbonyl (C=O) groups is 1. The number of amides is 1. The first-order valence-corrected chi connectivity index (χ1v) is 8.02. The highest BCUT2D eigenvalue weighted by Crippen LogP contribution is 2.36. The van der Waals surface area contributed by atoms with Crippen LogP contribution in [0.15, 0.2) is 40.9 Å². The molecule has 1 heterocycles. The third-order valence-electron chi connectivity index (χ3n) is 3.53. The summed E-state index contributed by atoms with van der Waals surface area (Å²) < 4.78 is 22.5. The molecule has 3 rings (SSSR count). The van der Waals surface area contributed by atoms with Crippen molar-refractivity contribution in [3.63, 3.8) is 0 Å². The van der Waals surface area contributed by atoms with Gasteiger partial charge in [0.1, 0.15) is 18.1 Å². The lowest BCUT2D eigenvalue weighted by atomic mass is 10.2. The van der Waals surface area contributed by atoms with Gasteiger partial charge in [-0.3, -0.25) is 4.79 Å². The maximum atomic E-state index is 12.5. The number of halogens is 1. The molecular weight excluding hydrogens is 378 g/mol. The lowest BCUT2D eigenvalue weighted by Gasteiger charge is -2.25. The molecule has 1 atom stereocenters. The Morgan fingerprint density at radius 3 is 2.58 bits per heavy atom. The van der Waals surface area contributed by atoms with Crippen LogP contribution >= 0.6 is 15.9 Å². The standard InChI is InChI=1S/C17H16BrNO5/c1-21-14-8-11(15(22-2)7-10(14)18)19-17(20)16-9-23-12-5-3-4-6-13(12)24-16/h3-8,16H,9H2,1-2H3,(H,19,20). The minimum atomic E-state index is -0.751. The van der Waals surface area contributed by atoms with Crippen molar-refractivity contribution in [1.82, 2.24) is 0 Å². The highest BCUT2D eigenvalue weighted by molar-refractivity contribution is 9.10. The van der Waals surface area contributed by atoms with Gasteiger partial charge in [0.15, 0.2) is 11.5 Å². The van der Waals surface area contributed by atoms with E-state index in [-0.39, 0.29) is 12.5 Å². The topological polar surface area (TPSA) is 66.0 Å². The molecule has 1 aliphatic rings. The van der Waals surface area contributed by atoms with Crippen LogP contribution in [-0.2, 0) is 4.79 Å². The zero-order valence-electron chi connectivity index (χ0n) is 13.2. The number of nitrogens with one attached hydrogen (secondary N) is 1. The van der Waals surface area contributed by atoms with E-state index in [1.54, 1.807) is 31.4 Å². The fourth-order valence-corrected chi connectivity index (χ4v) is 2.80. The number of methoxy groups -OCH3 is 2. The van der Waals surface area contributed by atoms with E-state index >= 15 is 0 Å². The zero-order valence-corrected chi connectivity index (χ0v) is 14.8. The molecule has 6 nitrogen and oxygen atoms in total. The van der Waals surface area contributed by atoms with Crippen molar-refractivity contribution in [3.05, 3.63) is 40.9 Å². The summed E-state index contributed by atoms with van der Waals surface area (Å²) in [6.45, 7) is 0.138. The van der Waals surface area contributed by atoms with Crippen LogP contribution in [0.5, 0.6) is 23.0 Å². The summed E-state index contributed by atoms with van der Waals surface area (Å²) in [6.07, 6.45) is -0.751. The number of benzene rings is 2. The van der Waals surface area contributed by atoms with Gasteiger partial charge in [0.25, 0.3) is 5.91 Å². The molecule has 0 radical (unpaired) electrons. The minimum absolute atomic E-state index is 0.138. The molecule has 0 saturated heterocycles. The predicted octanol–water partition coefficient (Wildman–Crippen LogP) is 3.24. The van der Waals surface area contributed by atoms with Crippen LogP contribution in [0.4, 0.5) is 5.69 Å². The van der Waals surface area contributed by atoms with Crippen molar-refractivity contribution < 1.29 is 23.7 Å². The van der Waals surface area contributed by atoms with Gasteiger partial charge in [-0.1, -0.05) is 12.1 Å². The second kappa shape index (κ2) is 7.00. The lowest BCUT2D eigenvalue weighted by molar-refractivity contribution is -0.125. The van der Waals surface area contributed by atoms with E-state index in [4.69, 9.17) is 18.9 Å². The summed E-state index contributed by atoms with van der Waals surface area (Å²) in [5.41, 5.74) is 0.491. The van der Waals surface area contributed by atoms with Crippen LogP contribution < -0.4 is 24.3 Å². The molecular formula is C17H16BrNO5. The Bertz CT molecular complexity index is 765. The number of para-hydroxylation sites is 2. The average molecular weight is 394 g/mol. The first-order chi connectivity index (χ1) is 11.6. The number of hydrogen-bond acceptors (Lipinski definition) is 5. The van der Waals surface area contributed by atoms with Crippen molar-refractivity contribution in [3.8, 4) is 23.0 Å². The smallest absolute Gasteiger partial charge is 0.269 e.